The largest absolute Gasteiger partial charge is 0.398 e. The van der Waals surface area contributed by atoms with E-state index >= 15 is 0 Å². The van der Waals surface area contributed by atoms with Gasteiger partial charge in [0.15, 0.2) is 0 Å². The average molecular weight is 251 g/mol. The van der Waals surface area contributed by atoms with Crippen LogP contribution in [-0.2, 0) is 6.54 Å². The first-order valence-corrected chi connectivity index (χ1v) is 6.37. The highest BCUT2D eigenvalue weighted by molar-refractivity contribution is 5.33. The molecule has 18 heavy (non-hydrogen) atoms. The van der Waals surface area contributed by atoms with E-state index in [0.717, 1.165) is 32.5 Å². The van der Waals surface area contributed by atoms with Crippen LogP contribution >= 0.6 is 0 Å². The van der Waals surface area contributed by atoms with Gasteiger partial charge < -0.3 is 20.3 Å². The van der Waals surface area contributed by atoms with Gasteiger partial charge in [-0.2, -0.15) is 0 Å². The second-order valence-corrected chi connectivity index (χ2v) is 5.37. The fourth-order valence-corrected chi connectivity index (χ4v) is 2.42. The molecule has 0 aliphatic carbocycles. The van der Waals surface area contributed by atoms with E-state index in [0.29, 0.717) is 12.2 Å². The fraction of sp³-hybridized carbons (Fsp3) is 0.615. The lowest BCUT2D eigenvalue weighted by Crippen LogP contribution is -2.31. The summed E-state index contributed by atoms with van der Waals surface area (Å²) in [4.78, 5) is 13.8. The minimum absolute atomic E-state index is 0.0161. The van der Waals surface area contributed by atoms with Gasteiger partial charge in [-0.3, -0.25) is 4.79 Å². The third kappa shape index (κ3) is 3.34. The second kappa shape index (κ2) is 5.12. The van der Waals surface area contributed by atoms with Crippen molar-refractivity contribution >= 4 is 5.69 Å². The quantitative estimate of drug-likeness (QED) is 0.806. The van der Waals surface area contributed by atoms with Crippen LogP contribution < -0.4 is 11.3 Å². The number of hydrogen-bond donors (Lipinski definition) is 2. The van der Waals surface area contributed by atoms with Crippen LogP contribution in [0.5, 0.6) is 0 Å². The Bertz CT molecular complexity index is 468. The van der Waals surface area contributed by atoms with Gasteiger partial charge in [-0.05, 0) is 32.4 Å². The van der Waals surface area contributed by atoms with E-state index in [-0.39, 0.29) is 5.56 Å². The number of likely N-dealkylation sites (tertiary alicyclic amines) is 1. The normalized spacial score (nSPS) is 24.6. The molecule has 5 heteroatoms. The molecule has 2 rings (SSSR count). The first-order valence-electron chi connectivity index (χ1n) is 6.37. The molecule has 1 aromatic rings. The predicted octanol–water partition coefficient (Wildman–Crippen LogP) is 0.277. The summed E-state index contributed by atoms with van der Waals surface area (Å²) in [6.07, 6.45) is 3.40. The van der Waals surface area contributed by atoms with Gasteiger partial charge in [0.25, 0.3) is 5.56 Å². The van der Waals surface area contributed by atoms with Crippen molar-refractivity contribution in [2.24, 2.45) is 0 Å². The van der Waals surface area contributed by atoms with Crippen molar-refractivity contribution in [3.63, 3.8) is 0 Å². The van der Waals surface area contributed by atoms with Gasteiger partial charge in [0.1, 0.15) is 0 Å². The maximum Gasteiger partial charge on any atom is 0.250 e. The summed E-state index contributed by atoms with van der Waals surface area (Å²) in [5.41, 5.74) is 5.70. The monoisotopic (exact) mass is 251 g/mol. The summed E-state index contributed by atoms with van der Waals surface area (Å²) in [6.45, 7) is 5.09. The van der Waals surface area contributed by atoms with E-state index in [1.54, 1.807) is 16.8 Å². The maximum absolute atomic E-state index is 11.6. The number of aliphatic hydroxyl groups is 1. The second-order valence-electron chi connectivity index (χ2n) is 5.37. The van der Waals surface area contributed by atoms with Crippen molar-refractivity contribution in [1.82, 2.24) is 9.47 Å². The molecule has 1 aromatic heterocycles. The molecule has 100 valence electrons. The Morgan fingerprint density at radius 3 is 2.89 bits per heavy atom. The Morgan fingerprint density at radius 2 is 2.22 bits per heavy atom. The molecule has 1 unspecified atom stereocenters. The smallest absolute Gasteiger partial charge is 0.250 e. The van der Waals surface area contributed by atoms with E-state index in [4.69, 9.17) is 5.73 Å². The highest BCUT2D eigenvalue weighted by Gasteiger charge is 2.30. The first-order chi connectivity index (χ1) is 8.46. The number of anilines is 1. The van der Waals surface area contributed by atoms with Crippen LogP contribution in [0.1, 0.15) is 19.8 Å². The van der Waals surface area contributed by atoms with Gasteiger partial charge in [0, 0.05) is 37.6 Å². The van der Waals surface area contributed by atoms with Gasteiger partial charge >= 0.3 is 0 Å². The standard InChI is InChI=1S/C13H21N3O2/c1-13(18)5-8-15(10-13)6-2-7-16-9-11(14)3-4-12(16)17/h3-4,9,18H,2,5-8,10,14H2,1H3. The lowest BCUT2D eigenvalue weighted by Gasteiger charge is -2.18. The molecule has 3 N–H and O–H groups in total. The third-order valence-electron chi connectivity index (χ3n) is 3.41. The lowest BCUT2D eigenvalue weighted by atomic mass is 10.1. The summed E-state index contributed by atoms with van der Waals surface area (Å²) >= 11 is 0. The van der Waals surface area contributed by atoms with Crippen molar-refractivity contribution < 1.29 is 5.11 Å². The molecule has 1 atom stereocenters. The summed E-state index contributed by atoms with van der Waals surface area (Å²) in [5, 5.41) is 9.85. The van der Waals surface area contributed by atoms with E-state index in [9.17, 15) is 9.90 Å². The Balaban J connectivity index is 1.82. The van der Waals surface area contributed by atoms with Gasteiger partial charge in [0.05, 0.1) is 5.60 Å². The lowest BCUT2D eigenvalue weighted by molar-refractivity contribution is 0.0685. The van der Waals surface area contributed by atoms with Gasteiger partial charge in [0.2, 0.25) is 0 Å². The SMILES string of the molecule is CC1(O)CCN(CCCn2cc(N)ccc2=O)C1. The summed E-state index contributed by atoms with van der Waals surface area (Å²) in [7, 11) is 0. The first kappa shape index (κ1) is 13.1. The number of nitrogens with two attached hydrogens (primary N) is 1. The van der Waals surface area contributed by atoms with Crippen LogP contribution in [0.15, 0.2) is 23.1 Å². The topological polar surface area (TPSA) is 71.5 Å². The average Bonchev–Trinajstić information content (AvgIpc) is 2.63. The summed E-state index contributed by atoms with van der Waals surface area (Å²) in [5.74, 6) is 0. The van der Waals surface area contributed by atoms with Crippen molar-refractivity contribution in [2.75, 3.05) is 25.4 Å². The number of hydrogen-bond acceptors (Lipinski definition) is 4. The van der Waals surface area contributed by atoms with Gasteiger partial charge in [-0.15, -0.1) is 0 Å². The van der Waals surface area contributed by atoms with Crippen LogP contribution in [0.25, 0.3) is 0 Å². The van der Waals surface area contributed by atoms with E-state index < -0.39 is 5.60 Å². The molecule has 1 fully saturated rings. The molecule has 1 aliphatic rings. The molecule has 0 spiro atoms. The summed E-state index contributed by atoms with van der Waals surface area (Å²) < 4.78 is 1.64. The van der Waals surface area contributed by atoms with Crippen molar-refractivity contribution in [3.8, 4) is 0 Å². The summed E-state index contributed by atoms with van der Waals surface area (Å²) in [6, 6.07) is 3.12. The Kier molecular flexibility index (Phi) is 3.73. The maximum atomic E-state index is 11.6. The Labute approximate surface area is 107 Å². The molecule has 5 nitrogen and oxygen atoms in total. The third-order valence-corrected chi connectivity index (χ3v) is 3.41. The number of nitrogen functional groups attached to an aromatic ring is 1. The van der Waals surface area contributed by atoms with Crippen molar-refractivity contribution in [2.45, 2.75) is 31.9 Å². The number of pyridine rings is 1. The number of aryl methyl sites for hydroxylation is 1. The Hall–Kier alpha value is -1.33. The molecule has 1 saturated heterocycles. The molecule has 0 radical (unpaired) electrons. The number of β-amino-alcohol motifs (C(OH)–C–C–N with tert-alkyl or cyclic N) is 1. The van der Waals surface area contributed by atoms with E-state index in [1.807, 2.05) is 6.92 Å². The van der Waals surface area contributed by atoms with Gasteiger partial charge in [-0.1, -0.05) is 0 Å². The zero-order chi connectivity index (χ0) is 13.2. The zero-order valence-corrected chi connectivity index (χ0v) is 10.8. The number of aromatic nitrogens is 1. The molecule has 2 heterocycles. The van der Waals surface area contributed by atoms with Crippen LogP contribution in [0.4, 0.5) is 5.69 Å². The predicted molar refractivity (Wildman–Crippen MR) is 71.4 cm³/mol. The number of rotatable bonds is 4. The van der Waals surface area contributed by atoms with Gasteiger partial charge in [-0.25, -0.2) is 0 Å². The molecular formula is C13H21N3O2. The molecule has 0 bridgehead atoms. The molecule has 0 saturated carbocycles. The van der Waals surface area contributed by atoms with Crippen LogP contribution in [0.3, 0.4) is 0 Å². The minimum Gasteiger partial charge on any atom is -0.398 e. The number of nitrogens with zero attached hydrogens (tertiary/aromatic N) is 2. The zero-order valence-electron chi connectivity index (χ0n) is 10.8. The minimum atomic E-state index is -0.548. The highest BCUT2D eigenvalue weighted by Crippen LogP contribution is 2.19. The van der Waals surface area contributed by atoms with E-state index in [1.165, 1.54) is 6.07 Å². The van der Waals surface area contributed by atoms with Crippen LogP contribution in [0.2, 0.25) is 0 Å². The Morgan fingerprint density at radius 1 is 1.44 bits per heavy atom. The molecule has 1 aliphatic heterocycles. The van der Waals surface area contributed by atoms with Crippen LogP contribution in [0, 0.1) is 0 Å². The van der Waals surface area contributed by atoms with E-state index in [2.05, 4.69) is 4.90 Å². The van der Waals surface area contributed by atoms with Crippen LogP contribution in [-0.4, -0.2) is 39.8 Å². The van der Waals surface area contributed by atoms with Crippen molar-refractivity contribution in [3.05, 3.63) is 28.7 Å². The fourth-order valence-electron chi connectivity index (χ4n) is 2.42. The van der Waals surface area contributed by atoms with Crippen molar-refractivity contribution in [1.29, 1.82) is 0 Å². The molecule has 0 aromatic carbocycles. The highest BCUT2D eigenvalue weighted by atomic mass is 16.3. The molecular weight excluding hydrogens is 230 g/mol. The molecule has 0 amide bonds.